The van der Waals surface area contributed by atoms with Gasteiger partial charge in [-0.25, -0.2) is 9.67 Å². The molecule has 0 spiro atoms. The number of hydrogen-bond acceptors (Lipinski definition) is 4. The average Bonchev–Trinajstić information content (AvgIpc) is 3.21. The third-order valence-corrected chi connectivity index (χ3v) is 6.38. The predicted molar refractivity (Wildman–Crippen MR) is 138 cm³/mol. The summed E-state index contributed by atoms with van der Waals surface area (Å²) in [7, 11) is 0. The minimum absolute atomic E-state index is 0.167. The molecule has 5 aromatic rings. The van der Waals surface area contributed by atoms with Gasteiger partial charge < -0.3 is 4.74 Å². The molecule has 0 radical (unpaired) electrons. The van der Waals surface area contributed by atoms with E-state index in [1.807, 2.05) is 54.9 Å². The smallest absolute Gasteiger partial charge is 0.267 e. The molecule has 0 fully saturated rings. The van der Waals surface area contributed by atoms with E-state index in [4.69, 9.17) is 14.8 Å². The molecule has 3 heterocycles. The molecule has 0 aliphatic rings. The number of pyridine rings is 1. The van der Waals surface area contributed by atoms with E-state index in [1.165, 1.54) is 0 Å². The predicted octanol–water partition coefficient (Wildman–Crippen LogP) is 5.67. The zero-order valence-electron chi connectivity index (χ0n) is 20.7. The second-order valence-electron chi connectivity index (χ2n) is 9.03. The largest absolute Gasteiger partial charge is 0.485 e. The fourth-order valence-corrected chi connectivity index (χ4v) is 4.37. The molecule has 6 heteroatoms. The number of nitrogens with zero attached hydrogens (tertiary/aromatic N) is 4. The third-order valence-electron chi connectivity index (χ3n) is 6.38. The van der Waals surface area contributed by atoms with Crippen LogP contribution >= 0.6 is 0 Å². The van der Waals surface area contributed by atoms with E-state index in [0.29, 0.717) is 35.0 Å². The van der Waals surface area contributed by atoms with Gasteiger partial charge in [0.05, 0.1) is 16.9 Å². The van der Waals surface area contributed by atoms with Crippen LogP contribution in [0.5, 0.6) is 5.75 Å². The van der Waals surface area contributed by atoms with E-state index < -0.39 is 0 Å². The number of fused-ring (bicyclic) bond motifs is 1. The Labute approximate surface area is 204 Å². The van der Waals surface area contributed by atoms with Crippen LogP contribution in [0, 0.1) is 34.6 Å². The molecular formula is C29H28N4O2. The molecule has 0 N–H and O–H groups in total. The molecule has 0 saturated carbocycles. The first-order valence-corrected chi connectivity index (χ1v) is 11.7. The van der Waals surface area contributed by atoms with Gasteiger partial charge in [0.1, 0.15) is 12.3 Å². The Kier molecular flexibility index (Phi) is 5.73. The average molecular weight is 465 g/mol. The van der Waals surface area contributed by atoms with Crippen LogP contribution < -0.4 is 10.3 Å². The van der Waals surface area contributed by atoms with E-state index in [2.05, 4.69) is 45.0 Å². The van der Waals surface area contributed by atoms with Crippen molar-refractivity contribution in [2.45, 2.75) is 41.2 Å². The van der Waals surface area contributed by atoms with Gasteiger partial charge in [0.25, 0.3) is 5.56 Å². The van der Waals surface area contributed by atoms with E-state index in [-0.39, 0.29) is 5.56 Å². The minimum atomic E-state index is -0.167. The van der Waals surface area contributed by atoms with Gasteiger partial charge in [-0.3, -0.25) is 9.20 Å². The van der Waals surface area contributed by atoms with Crippen molar-refractivity contribution in [2.75, 3.05) is 0 Å². The zero-order valence-corrected chi connectivity index (χ0v) is 20.7. The Hall–Kier alpha value is -4.19. The van der Waals surface area contributed by atoms with Crippen LogP contribution in [-0.2, 0) is 6.61 Å². The first-order chi connectivity index (χ1) is 16.8. The van der Waals surface area contributed by atoms with Crippen molar-refractivity contribution in [1.82, 2.24) is 19.2 Å². The van der Waals surface area contributed by atoms with Crippen LogP contribution in [0.1, 0.15) is 33.6 Å². The molecule has 2 aromatic carbocycles. The van der Waals surface area contributed by atoms with Crippen LogP contribution in [0.25, 0.3) is 22.6 Å². The minimum Gasteiger partial charge on any atom is -0.485 e. The quantitative estimate of drug-likeness (QED) is 0.336. The number of hydrogen-bond donors (Lipinski definition) is 0. The van der Waals surface area contributed by atoms with E-state index in [0.717, 1.165) is 33.6 Å². The first kappa shape index (κ1) is 22.6. The summed E-state index contributed by atoms with van der Waals surface area (Å²) < 4.78 is 9.54. The Bertz CT molecular complexity index is 1630. The summed E-state index contributed by atoms with van der Waals surface area (Å²) in [6.07, 6.45) is 1.72. The van der Waals surface area contributed by atoms with Gasteiger partial charge in [0.2, 0.25) is 0 Å². The molecular weight excluding hydrogens is 436 g/mol. The van der Waals surface area contributed by atoms with Crippen LogP contribution in [0.3, 0.4) is 0 Å². The van der Waals surface area contributed by atoms with Crippen LogP contribution in [0.2, 0.25) is 0 Å². The summed E-state index contributed by atoms with van der Waals surface area (Å²) in [6.45, 7) is 10.4. The molecule has 35 heavy (non-hydrogen) atoms. The molecule has 0 unspecified atom stereocenters. The fraction of sp³-hybridized carbons (Fsp3) is 0.207. The van der Waals surface area contributed by atoms with Crippen molar-refractivity contribution in [1.29, 1.82) is 0 Å². The van der Waals surface area contributed by atoms with E-state index >= 15 is 0 Å². The first-order valence-electron chi connectivity index (χ1n) is 11.7. The normalized spacial score (nSPS) is 11.2. The van der Waals surface area contributed by atoms with Gasteiger partial charge in [0, 0.05) is 11.9 Å². The van der Waals surface area contributed by atoms with Crippen molar-refractivity contribution < 1.29 is 4.74 Å². The number of aromatic nitrogens is 4. The van der Waals surface area contributed by atoms with Gasteiger partial charge in [-0.15, -0.1) is 0 Å². The highest BCUT2D eigenvalue weighted by molar-refractivity contribution is 5.66. The molecule has 0 amide bonds. The SMILES string of the molecule is Cc1ccc(C)c(-n2nc(-c3c(C)nc4c(OCc5ccccc5C)cccn4c3=O)cc2C)c1. The lowest BCUT2D eigenvalue weighted by atomic mass is 10.1. The van der Waals surface area contributed by atoms with Crippen LogP contribution in [0.15, 0.2) is 71.7 Å². The number of benzene rings is 2. The molecule has 0 saturated heterocycles. The summed E-state index contributed by atoms with van der Waals surface area (Å²) >= 11 is 0. The van der Waals surface area contributed by atoms with Crippen molar-refractivity contribution in [3.63, 3.8) is 0 Å². The lowest BCUT2D eigenvalue weighted by Gasteiger charge is -2.12. The highest BCUT2D eigenvalue weighted by atomic mass is 16.5. The highest BCUT2D eigenvalue weighted by Crippen LogP contribution is 2.26. The van der Waals surface area contributed by atoms with Crippen LogP contribution in [-0.4, -0.2) is 19.2 Å². The summed E-state index contributed by atoms with van der Waals surface area (Å²) in [4.78, 5) is 18.4. The maximum absolute atomic E-state index is 13.6. The van der Waals surface area contributed by atoms with Crippen molar-refractivity contribution in [3.05, 3.63) is 111 Å². The maximum atomic E-state index is 13.6. The van der Waals surface area contributed by atoms with Gasteiger partial charge in [-0.2, -0.15) is 5.10 Å². The Morgan fingerprint density at radius 3 is 2.49 bits per heavy atom. The highest BCUT2D eigenvalue weighted by Gasteiger charge is 2.19. The van der Waals surface area contributed by atoms with Gasteiger partial charge in [0.15, 0.2) is 11.4 Å². The molecule has 176 valence electrons. The fourth-order valence-electron chi connectivity index (χ4n) is 4.37. The Morgan fingerprint density at radius 2 is 1.69 bits per heavy atom. The lowest BCUT2D eigenvalue weighted by Crippen LogP contribution is -2.19. The molecule has 0 aliphatic carbocycles. The molecule has 6 nitrogen and oxygen atoms in total. The maximum Gasteiger partial charge on any atom is 0.267 e. The summed E-state index contributed by atoms with van der Waals surface area (Å²) in [6, 6.07) is 20.0. The standard InChI is InChI=1S/C29H28N4O2/c1-18-12-13-20(3)25(15-18)33-21(4)16-24(31-33)27-22(5)30-28-26(11-8-14-32(28)29(27)34)35-17-23-10-7-6-9-19(23)2/h6-16H,17H2,1-5H3. The number of ether oxygens (including phenoxy) is 1. The van der Waals surface area contributed by atoms with Gasteiger partial charge in [-0.1, -0.05) is 36.4 Å². The Balaban J connectivity index is 1.57. The number of rotatable bonds is 5. The van der Waals surface area contributed by atoms with Gasteiger partial charge >= 0.3 is 0 Å². The van der Waals surface area contributed by atoms with Crippen molar-refractivity contribution >= 4 is 5.65 Å². The monoisotopic (exact) mass is 464 g/mol. The van der Waals surface area contributed by atoms with Crippen molar-refractivity contribution in [2.24, 2.45) is 0 Å². The molecule has 5 rings (SSSR count). The van der Waals surface area contributed by atoms with E-state index in [1.54, 1.807) is 10.6 Å². The summed E-state index contributed by atoms with van der Waals surface area (Å²) in [5, 5.41) is 4.82. The van der Waals surface area contributed by atoms with Gasteiger partial charge in [-0.05, 0) is 81.1 Å². The lowest BCUT2D eigenvalue weighted by molar-refractivity contribution is 0.307. The molecule has 0 bridgehead atoms. The third kappa shape index (κ3) is 4.12. The molecule has 3 aromatic heterocycles. The zero-order chi connectivity index (χ0) is 24.7. The Morgan fingerprint density at radius 1 is 0.886 bits per heavy atom. The van der Waals surface area contributed by atoms with Crippen LogP contribution in [0.4, 0.5) is 0 Å². The second kappa shape index (κ2) is 8.87. The molecule has 0 aliphatic heterocycles. The summed E-state index contributed by atoms with van der Waals surface area (Å²) in [5.41, 5.74) is 8.54. The molecule has 0 atom stereocenters. The van der Waals surface area contributed by atoms with Crippen molar-refractivity contribution in [3.8, 4) is 22.7 Å². The van der Waals surface area contributed by atoms with E-state index in [9.17, 15) is 4.79 Å². The summed E-state index contributed by atoms with van der Waals surface area (Å²) in [5.74, 6) is 0.569. The number of aryl methyl sites for hydroxylation is 5. The second-order valence-corrected chi connectivity index (χ2v) is 9.03. The topological polar surface area (TPSA) is 61.4 Å².